The van der Waals surface area contributed by atoms with Crippen molar-refractivity contribution in [1.29, 1.82) is 0 Å². The van der Waals surface area contributed by atoms with E-state index in [0.717, 1.165) is 13.2 Å². The number of ether oxygens (including phenoxy) is 1. The Morgan fingerprint density at radius 1 is 0.571 bits per heavy atom. The molecule has 0 spiro atoms. The Morgan fingerprint density at radius 2 is 1.07 bits per heavy atom. The minimum Gasteiger partial charge on any atom is -0.381 e. The standard InChI is InChI=1S/C13H28O/c1-3-5-7-8-9-10-11-13-14-12-6-4-2/h3-13H2,1-2H3. The molecule has 0 aromatic rings. The molecular weight excluding hydrogens is 172 g/mol. The van der Waals surface area contributed by atoms with Gasteiger partial charge in [-0.2, -0.15) is 0 Å². The second-order valence-corrected chi connectivity index (χ2v) is 4.09. The zero-order valence-electron chi connectivity index (χ0n) is 10.2. The van der Waals surface area contributed by atoms with Gasteiger partial charge in [-0.1, -0.05) is 58.8 Å². The third kappa shape index (κ3) is 12.0. The van der Waals surface area contributed by atoms with Gasteiger partial charge in [-0.25, -0.2) is 0 Å². The molecule has 0 aromatic heterocycles. The maximum atomic E-state index is 5.50. The third-order valence-electron chi connectivity index (χ3n) is 2.53. The Balaban J connectivity index is 2.78. The highest BCUT2D eigenvalue weighted by atomic mass is 16.5. The molecule has 0 unspecified atom stereocenters. The van der Waals surface area contributed by atoms with E-state index in [4.69, 9.17) is 4.74 Å². The van der Waals surface area contributed by atoms with Crippen LogP contribution in [0.1, 0.15) is 71.6 Å². The maximum Gasteiger partial charge on any atom is 0.0466 e. The Kier molecular flexibility index (Phi) is 12.9. The molecule has 1 nitrogen and oxygen atoms in total. The van der Waals surface area contributed by atoms with E-state index in [9.17, 15) is 0 Å². The van der Waals surface area contributed by atoms with Crippen LogP contribution in [0.2, 0.25) is 0 Å². The Bertz CT molecular complexity index is 79.2. The molecule has 14 heavy (non-hydrogen) atoms. The number of rotatable bonds is 11. The Morgan fingerprint density at radius 3 is 1.71 bits per heavy atom. The highest BCUT2D eigenvalue weighted by Crippen LogP contribution is 2.06. The fourth-order valence-electron chi connectivity index (χ4n) is 1.51. The van der Waals surface area contributed by atoms with Crippen LogP contribution in [0.3, 0.4) is 0 Å². The summed E-state index contributed by atoms with van der Waals surface area (Å²) in [5.41, 5.74) is 0. The first kappa shape index (κ1) is 14.0. The molecular formula is C13H28O. The second-order valence-electron chi connectivity index (χ2n) is 4.09. The zero-order valence-corrected chi connectivity index (χ0v) is 10.2. The van der Waals surface area contributed by atoms with Crippen LogP contribution in [0.5, 0.6) is 0 Å². The Labute approximate surface area is 90.2 Å². The first-order chi connectivity index (χ1) is 6.91. The van der Waals surface area contributed by atoms with Gasteiger partial charge in [0.05, 0.1) is 0 Å². The molecule has 0 aromatic carbocycles. The van der Waals surface area contributed by atoms with Crippen molar-refractivity contribution < 1.29 is 4.74 Å². The van der Waals surface area contributed by atoms with E-state index < -0.39 is 0 Å². The smallest absolute Gasteiger partial charge is 0.0466 e. The lowest BCUT2D eigenvalue weighted by atomic mass is 10.1. The Hall–Kier alpha value is -0.0400. The predicted octanol–water partition coefficient (Wildman–Crippen LogP) is 4.55. The van der Waals surface area contributed by atoms with Crippen molar-refractivity contribution in [3.05, 3.63) is 0 Å². The van der Waals surface area contributed by atoms with Crippen LogP contribution in [-0.4, -0.2) is 13.2 Å². The number of unbranched alkanes of at least 4 members (excludes halogenated alkanes) is 7. The van der Waals surface area contributed by atoms with Crippen LogP contribution in [-0.2, 0) is 4.74 Å². The topological polar surface area (TPSA) is 9.23 Å². The van der Waals surface area contributed by atoms with Crippen LogP contribution in [0, 0.1) is 0 Å². The van der Waals surface area contributed by atoms with Crippen molar-refractivity contribution in [2.24, 2.45) is 0 Å². The van der Waals surface area contributed by atoms with Crippen molar-refractivity contribution in [2.45, 2.75) is 71.6 Å². The summed E-state index contributed by atoms with van der Waals surface area (Å²) in [4.78, 5) is 0. The van der Waals surface area contributed by atoms with Crippen molar-refractivity contribution in [1.82, 2.24) is 0 Å². The lowest BCUT2D eigenvalue weighted by Gasteiger charge is -2.03. The fraction of sp³-hybridized carbons (Fsp3) is 1.00. The summed E-state index contributed by atoms with van der Waals surface area (Å²) in [6.07, 6.45) is 12.1. The van der Waals surface area contributed by atoms with Crippen LogP contribution in [0.25, 0.3) is 0 Å². The van der Waals surface area contributed by atoms with Gasteiger partial charge in [0.1, 0.15) is 0 Å². The molecule has 0 aliphatic rings. The van der Waals surface area contributed by atoms with Crippen molar-refractivity contribution in [2.75, 3.05) is 13.2 Å². The van der Waals surface area contributed by atoms with Gasteiger partial charge in [0.2, 0.25) is 0 Å². The summed E-state index contributed by atoms with van der Waals surface area (Å²) < 4.78 is 5.50. The third-order valence-corrected chi connectivity index (χ3v) is 2.53. The molecule has 86 valence electrons. The second kappa shape index (κ2) is 13.0. The van der Waals surface area contributed by atoms with Gasteiger partial charge in [-0.15, -0.1) is 0 Å². The first-order valence-electron chi connectivity index (χ1n) is 6.49. The summed E-state index contributed by atoms with van der Waals surface area (Å²) in [7, 11) is 0. The van der Waals surface area contributed by atoms with Crippen molar-refractivity contribution >= 4 is 0 Å². The average Bonchev–Trinajstić information content (AvgIpc) is 2.21. The van der Waals surface area contributed by atoms with E-state index in [1.165, 1.54) is 57.8 Å². The zero-order chi connectivity index (χ0) is 10.5. The minimum absolute atomic E-state index is 0.965. The highest BCUT2D eigenvalue weighted by Gasteiger charge is 1.91. The fourth-order valence-corrected chi connectivity index (χ4v) is 1.51. The molecule has 0 aliphatic heterocycles. The molecule has 0 rings (SSSR count). The van der Waals surface area contributed by atoms with Crippen LogP contribution in [0.15, 0.2) is 0 Å². The van der Waals surface area contributed by atoms with Gasteiger partial charge in [0, 0.05) is 13.2 Å². The highest BCUT2D eigenvalue weighted by molar-refractivity contribution is 4.44. The predicted molar refractivity (Wildman–Crippen MR) is 63.7 cm³/mol. The SMILES string of the molecule is CCCCCCCCCOCCCC. The molecule has 0 N–H and O–H groups in total. The maximum absolute atomic E-state index is 5.50. The molecule has 0 radical (unpaired) electrons. The molecule has 0 atom stereocenters. The van der Waals surface area contributed by atoms with E-state index in [0.29, 0.717) is 0 Å². The molecule has 0 fully saturated rings. The first-order valence-corrected chi connectivity index (χ1v) is 6.49. The summed E-state index contributed by atoms with van der Waals surface area (Å²) in [6.45, 7) is 6.42. The monoisotopic (exact) mass is 200 g/mol. The van der Waals surface area contributed by atoms with E-state index in [-0.39, 0.29) is 0 Å². The lowest BCUT2D eigenvalue weighted by Crippen LogP contribution is -1.96. The molecule has 0 amide bonds. The molecule has 0 aliphatic carbocycles. The van der Waals surface area contributed by atoms with Gasteiger partial charge in [0.25, 0.3) is 0 Å². The summed E-state index contributed by atoms with van der Waals surface area (Å²) in [5.74, 6) is 0. The van der Waals surface area contributed by atoms with Crippen LogP contribution < -0.4 is 0 Å². The molecule has 0 saturated heterocycles. The molecule has 0 heterocycles. The van der Waals surface area contributed by atoms with E-state index in [1.54, 1.807) is 0 Å². The normalized spacial score (nSPS) is 10.7. The molecule has 0 bridgehead atoms. The summed E-state index contributed by atoms with van der Waals surface area (Å²) >= 11 is 0. The number of hydrogen-bond acceptors (Lipinski definition) is 1. The number of hydrogen-bond donors (Lipinski definition) is 0. The van der Waals surface area contributed by atoms with Crippen molar-refractivity contribution in [3.63, 3.8) is 0 Å². The quantitative estimate of drug-likeness (QED) is 0.444. The largest absolute Gasteiger partial charge is 0.381 e. The van der Waals surface area contributed by atoms with E-state index >= 15 is 0 Å². The summed E-state index contributed by atoms with van der Waals surface area (Å²) in [6, 6.07) is 0. The van der Waals surface area contributed by atoms with Crippen molar-refractivity contribution in [3.8, 4) is 0 Å². The summed E-state index contributed by atoms with van der Waals surface area (Å²) in [5, 5.41) is 0. The molecule has 1 heteroatoms. The van der Waals surface area contributed by atoms with E-state index in [2.05, 4.69) is 13.8 Å². The minimum atomic E-state index is 0.965. The molecule has 0 saturated carbocycles. The van der Waals surface area contributed by atoms with Gasteiger partial charge in [-0.05, 0) is 12.8 Å². The van der Waals surface area contributed by atoms with Gasteiger partial charge in [-0.3, -0.25) is 0 Å². The lowest BCUT2D eigenvalue weighted by molar-refractivity contribution is 0.127. The van der Waals surface area contributed by atoms with E-state index in [1.807, 2.05) is 0 Å². The van der Waals surface area contributed by atoms with Gasteiger partial charge >= 0.3 is 0 Å². The van der Waals surface area contributed by atoms with Crippen LogP contribution in [0.4, 0.5) is 0 Å². The van der Waals surface area contributed by atoms with Crippen LogP contribution >= 0.6 is 0 Å². The van der Waals surface area contributed by atoms with Gasteiger partial charge in [0.15, 0.2) is 0 Å². The van der Waals surface area contributed by atoms with Gasteiger partial charge < -0.3 is 4.74 Å². The average molecular weight is 200 g/mol.